The molecule has 0 radical (unpaired) electrons. The molecule has 0 aliphatic carbocycles. The smallest absolute Gasteiger partial charge is 0.128 e. The molecular formula is C16H23FN2O. The van der Waals surface area contributed by atoms with Gasteiger partial charge in [0.2, 0.25) is 0 Å². The normalized spacial score (nSPS) is 25.8. The molecule has 1 aromatic rings. The molecule has 4 heteroatoms. The molecule has 0 aromatic heterocycles. The van der Waals surface area contributed by atoms with Crippen molar-refractivity contribution in [1.29, 1.82) is 0 Å². The first-order valence-corrected chi connectivity index (χ1v) is 7.67. The molecule has 0 saturated carbocycles. The standard InChI is InChI=1S/C16H23FN2O/c1-2-19-10-12(6-11-4-3-5-18-9-11)16-14(19)7-13(17)8-15(16)20/h7-8,11-12,18,20H,2-6,9-10H2,1H3/t11-,12?/m1/s1. The number of piperidine rings is 1. The van der Waals surface area contributed by atoms with E-state index in [-0.39, 0.29) is 11.6 Å². The van der Waals surface area contributed by atoms with Crippen LogP contribution in [0.4, 0.5) is 10.1 Å². The van der Waals surface area contributed by atoms with E-state index >= 15 is 0 Å². The van der Waals surface area contributed by atoms with Crippen LogP contribution in [-0.4, -0.2) is 31.3 Å². The minimum Gasteiger partial charge on any atom is -0.507 e. The first-order valence-electron chi connectivity index (χ1n) is 7.67. The number of rotatable bonds is 3. The molecule has 2 atom stereocenters. The lowest BCUT2D eigenvalue weighted by atomic mass is 9.86. The molecule has 2 aliphatic heterocycles. The van der Waals surface area contributed by atoms with Gasteiger partial charge in [-0.05, 0) is 51.3 Å². The number of likely N-dealkylation sites (N-methyl/N-ethyl adjacent to an activating group) is 1. The third-order valence-corrected chi connectivity index (χ3v) is 4.69. The van der Waals surface area contributed by atoms with E-state index < -0.39 is 0 Å². The van der Waals surface area contributed by atoms with E-state index in [1.807, 2.05) is 0 Å². The Morgan fingerprint density at radius 1 is 1.45 bits per heavy atom. The Bertz CT molecular complexity index is 486. The predicted octanol–water partition coefficient (Wildman–Crippen LogP) is 2.84. The van der Waals surface area contributed by atoms with E-state index in [2.05, 4.69) is 17.1 Å². The summed E-state index contributed by atoms with van der Waals surface area (Å²) in [5, 5.41) is 13.6. The van der Waals surface area contributed by atoms with Crippen molar-refractivity contribution in [2.75, 3.05) is 31.1 Å². The van der Waals surface area contributed by atoms with Crippen LogP contribution in [0, 0.1) is 11.7 Å². The van der Waals surface area contributed by atoms with Crippen LogP contribution in [0.5, 0.6) is 5.75 Å². The molecule has 1 unspecified atom stereocenters. The molecule has 1 fully saturated rings. The number of benzene rings is 1. The second kappa shape index (κ2) is 5.60. The summed E-state index contributed by atoms with van der Waals surface area (Å²) in [6.07, 6.45) is 3.57. The van der Waals surface area contributed by atoms with Crippen molar-refractivity contribution in [3.05, 3.63) is 23.5 Å². The Morgan fingerprint density at radius 3 is 3.00 bits per heavy atom. The zero-order chi connectivity index (χ0) is 14.1. The van der Waals surface area contributed by atoms with Crippen molar-refractivity contribution in [2.45, 2.75) is 32.1 Å². The average Bonchev–Trinajstić information content (AvgIpc) is 2.78. The summed E-state index contributed by atoms with van der Waals surface area (Å²) in [4.78, 5) is 2.18. The average molecular weight is 278 g/mol. The Labute approximate surface area is 119 Å². The van der Waals surface area contributed by atoms with Gasteiger partial charge >= 0.3 is 0 Å². The molecule has 2 N–H and O–H groups in total. The van der Waals surface area contributed by atoms with Crippen molar-refractivity contribution in [3.8, 4) is 5.75 Å². The Hall–Kier alpha value is -1.29. The van der Waals surface area contributed by atoms with Crippen LogP contribution in [0.2, 0.25) is 0 Å². The topological polar surface area (TPSA) is 35.5 Å². The maximum atomic E-state index is 13.5. The third-order valence-electron chi connectivity index (χ3n) is 4.69. The van der Waals surface area contributed by atoms with Gasteiger partial charge in [-0.2, -0.15) is 0 Å². The summed E-state index contributed by atoms with van der Waals surface area (Å²) in [6, 6.07) is 2.82. The van der Waals surface area contributed by atoms with Gasteiger partial charge in [-0.25, -0.2) is 4.39 Å². The maximum absolute atomic E-state index is 13.5. The second-order valence-corrected chi connectivity index (χ2v) is 6.04. The molecule has 110 valence electrons. The van der Waals surface area contributed by atoms with Gasteiger partial charge < -0.3 is 15.3 Å². The molecular weight excluding hydrogens is 255 g/mol. The van der Waals surface area contributed by atoms with Crippen molar-refractivity contribution in [1.82, 2.24) is 5.32 Å². The number of nitrogens with zero attached hydrogens (tertiary/aromatic N) is 1. The van der Waals surface area contributed by atoms with E-state index in [0.29, 0.717) is 11.8 Å². The van der Waals surface area contributed by atoms with Gasteiger partial charge in [0.1, 0.15) is 11.6 Å². The quantitative estimate of drug-likeness (QED) is 0.892. The summed E-state index contributed by atoms with van der Waals surface area (Å²) < 4.78 is 13.5. The highest BCUT2D eigenvalue weighted by molar-refractivity contribution is 5.65. The molecule has 0 spiro atoms. The van der Waals surface area contributed by atoms with Gasteiger partial charge in [-0.1, -0.05) is 0 Å². The summed E-state index contributed by atoms with van der Waals surface area (Å²) in [5.41, 5.74) is 1.84. The summed E-state index contributed by atoms with van der Waals surface area (Å²) in [7, 11) is 0. The fourth-order valence-electron chi connectivity index (χ4n) is 3.74. The molecule has 3 nitrogen and oxygen atoms in total. The number of hydrogen-bond acceptors (Lipinski definition) is 3. The van der Waals surface area contributed by atoms with Gasteiger partial charge in [0.15, 0.2) is 0 Å². The molecule has 0 amide bonds. The number of fused-ring (bicyclic) bond motifs is 1. The van der Waals surface area contributed by atoms with Gasteiger partial charge in [0, 0.05) is 36.3 Å². The zero-order valence-electron chi connectivity index (χ0n) is 12.0. The molecule has 1 aromatic carbocycles. The van der Waals surface area contributed by atoms with E-state index in [9.17, 15) is 9.50 Å². The number of halogens is 1. The van der Waals surface area contributed by atoms with Gasteiger partial charge in [-0.3, -0.25) is 0 Å². The molecule has 2 aliphatic rings. The number of anilines is 1. The lowest BCUT2D eigenvalue weighted by Gasteiger charge is -2.26. The van der Waals surface area contributed by atoms with Crippen LogP contribution >= 0.6 is 0 Å². The highest BCUT2D eigenvalue weighted by atomic mass is 19.1. The van der Waals surface area contributed by atoms with Crippen LogP contribution in [0.25, 0.3) is 0 Å². The summed E-state index contributed by atoms with van der Waals surface area (Å²) >= 11 is 0. The Kier molecular flexibility index (Phi) is 3.83. The van der Waals surface area contributed by atoms with Gasteiger partial charge in [0.25, 0.3) is 0 Å². The lowest BCUT2D eigenvalue weighted by molar-refractivity contribution is 0.336. The van der Waals surface area contributed by atoms with Crippen molar-refractivity contribution < 1.29 is 9.50 Å². The largest absolute Gasteiger partial charge is 0.507 e. The fourth-order valence-corrected chi connectivity index (χ4v) is 3.74. The van der Waals surface area contributed by atoms with Gasteiger partial charge in [0.05, 0.1) is 0 Å². The molecule has 20 heavy (non-hydrogen) atoms. The van der Waals surface area contributed by atoms with Crippen molar-refractivity contribution >= 4 is 5.69 Å². The van der Waals surface area contributed by atoms with Crippen molar-refractivity contribution in [2.24, 2.45) is 5.92 Å². The third kappa shape index (κ3) is 2.49. The van der Waals surface area contributed by atoms with Crippen LogP contribution in [0.15, 0.2) is 12.1 Å². The van der Waals surface area contributed by atoms with Crippen LogP contribution in [0.1, 0.15) is 37.7 Å². The highest BCUT2D eigenvalue weighted by Gasteiger charge is 2.33. The zero-order valence-corrected chi connectivity index (χ0v) is 12.0. The minimum absolute atomic E-state index is 0.129. The lowest BCUT2D eigenvalue weighted by Crippen LogP contribution is -2.31. The van der Waals surface area contributed by atoms with E-state index in [1.165, 1.54) is 18.9 Å². The Balaban J connectivity index is 1.84. The monoisotopic (exact) mass is 278 g/mol. The number of phenolic OH excluding ortho intramolecular Hbond substituents is 1. The highest BCUT2D eigenvalue weighted by Crippen LogP contribution is 2.45. The minimum atomic E-state index is -0.348. The van der Waals surface area contributed by atoms with Crippen LogP contribution in [0.3, 0.4) is 0 Å². The fraction of sp³-hybridized carbons (Fsp3) is 0.625. The van der Waals surface area contributed by atoms with Crippen molar-refractivity contribution in [3.63, 3.8) is 0 Å². The predicted molar refractivity (Wildman–Crippen MR) is 78.9 cm³/mol. The Morgan fingerprint density at radius 2 is 2.30 bits per heavy atom. The number of aromatic hydroxyl groups is 1. The van der Waals surface area contributed by atoms with E-state index in [4.69, 9.17) is 0 Å². The molecule has 1 saturated heterocycles. The SMILES string of the molecule is CCN1CC(C[C@H]2CCCNC2)c2c(O)cc(F)cc21. The number of hydrogen-bond donors (Lipinski definition) is 2. The van der Waals surface area contributed by atoms with Crippen LogP contribution in [-0.2, 0) is 0 Å². The second-order valence-electron chi connectivity index (χ2n) is 6.04. The maximum Gasteiger partial charge on any atom is 0.128 e. The van der Waals surface area contributed by atoms with Gasteiger partial charge in [-0.15, -0.1) is 0 Å². The molecule has 2 heterocycles. The van der Waals surface area contributed by atoms with Crippen LogP contribution < -0.4 is 10.2 Å². The summed E-state index contributed by atoms with van der Waals surface area (Å²) in [6.45, 7) is 6.03. The van der Waals surface area contributed by atoms with E-state index in [0.717, 1.165) is 43.9 Å². The number of nitrogens with one attached hydrogen (secondary N) is 1. The first kappa shape index (κ1) is 13.7. The van der Waals surface area contributed by atoms with E-state index in [1.54, 1.807) is 6.07 Å². The molecule has 3 rings (SSSR count). The first-order chi connectivity index (χ1) is 9.69. The molecule has 0 bridgehead atoms. The number of phenols is 1. The summed E-state index contributed by atoms with van der Waals surface area (Å²) in [5.74, 6) is 0.780.